The number of nitrogens with zero attached hydrogens (tertiary/aromatic N) is 2. The van der Waals surface area contributed by atoms with Crippen LogP contribution in [-0.2, 0) is 16.0 Å². The number of methoxy groups -OCH3 is 1. The van der Waals surface area contributed by atoms with Gasteiger partial charge in [0, 0.05) is 58.2 Å². The largest absolute Gasteiger partial charge is 0.385 e. The van der Waals surface area contributed by atoms with Crippen LogP contribution in [0, 0.1) is 5.41 Å². The van der Waals surface area contributed by atoms with Crippen LogP contribution in [0.4, 0.5) is 0 Å². The average Bonchev–Trinajstić information content (AvgIpc) is 3.21. The summed E-state index contributed by atoms with van der Waals surface area (Å²) in [5.41, 5.74) is 0.00445. The molecule has 3 rings (SSSR count). The van der Waals surface area contributed by atoms with Gasteiger partial charge in [-0.15, -0.1) is 0 Å². The Hall–Kier alpha value is -1.70. The first-order chi connectivity index (χ1) is 13.6. The quantitative estimate of drug-likeness (QED) is 0.646. The van der Waals surface area contributed by atoms with Crippen molar-refractivity contribution in [3.8, 4) is 0 Å². The Morgan fingerprint density at radius 3 is 2.75 bits per heavy atom. The molecule has 3 heterocycles. The summed E-state index contributed by atoms with van der Waals surface area (Å²) in [5, 5.41) is 3.06. The first kappa shape index (κ1) is 21.0. The van der Waals surface area contributed by atoms with Gasteiger partial charge in [0.2, 0.25) is 0 Å². The molecule has 7 nitrogen and oxygen atoms in total. The van der Waals surface area contributed by atoms with E-state index in [1.165, 1.54) is 12.8 Å². The molecule has 0 aliphatic carbocycles. The fraction of sp³-hybridized carbons (Fsp3) is 0.714. The Balaban J connectivity index is 1.64. The lowest BCUT2D eigenvalue weighted by atomic mass is 9.79. The highest BCUT2D eigenvalue weighted by Crippen LogP contribution is 2.32. The standard InChI is InChI=1S/C21H33N3O4/c1-27-13-5-12-24-11-4-6-18(20(24)26)19(25)22-16-21(7-14-28-15-8-21)17-23-9-2-3-10-23/h4,6,11H,2-3,5,7-10,12-17H2,1H3,(H,22,25). The number of likely N-dealkylation sites (tertiary alicyclic amines) is 1. The molecule has 2 saturated heterocycles. The molecule has 0 bridgehead atoms. The van der Waals surface area contributed by atoms with Crippen molar-refractivity contribution in [2.75, 3.05) is 53.1 Å². The van der Waals surface area contributed by atoms with E-state index in [-0.39, 0.29) is 22.4 Å². The second kappa shape index (κ2) is 10.2. The maximum Gasteiger partial charge on any atom is 0.263 e. The monoisotopic (exact) mass is 391 g/mol. The van der Waals surface area contributed by atoms with Gasteiger partial charge in [-0.3, -0.25) is 9.59 Å². The Morgan fingerprint density at radius 2 is 2.04 bits per heavy atom. The molecule has 0 aromatic carbocycles. The van der Waals surface area contributed by atoms with E-state index in [4.69, 9.17) is 9.47 Å². The highest BCUT2D eigenvalue weighted by atomic mass is 16.5. The van der Waals surface area contributed by atoms with E-state index < -0.39 is 0 Å². The summed E-state index contributed by atoms with van der Waals surface area (Å²) >= 11 is 0. The van der Waals surface area contributed by atoms with Crippen LogP contribution in [0.2, 0.25) is 0 Å². The number of amides is 1. The van der Waals surface area contributed by atoms with Gasteiger partial charge in [-0.25, -0.2) is 0 Å². The highest BCUT2D eigenvalue weighted by Gasteiger charge is 2.35. The van der Waals surface area contributed by atoms with Crippen molar-refractivity contribution in [3.63, 3.8) is 0 Å². The van der Waals surface area contributed by atoms with Crippen molar-refractivity contribution in [2.24, 2.45) is 5.41 Å². The number of hydrogen-bond donors (Lipinski definition) is 1. The third kappa shape index (κ3) is 5.43. The lowest BCUT2D eigenvalue weighted by molar-refractivity contribution is -0.000640. The maximum absolute atomic E-state index is 12.8. The van der Waals surface area contributed by atoms with Crippen LogP contribution >= 0.6 is 0 Å². The number of hydrogen-bond acceptors (Lipinski definition) is 5. The molecule has 0 spiro atoms. The first-order valence-corrected chi connectivity index (χ1v) is 10.4. The fourth-order valence-corrected chi connectivity index (χ4v) is 4.24. The van der Waals surface area contributed by atoms with E-state index in [0.29, 0.717) is 19.7 Å². The van der Waals surface area contributed by atoms with E-state index in [9.17, 15) is 9.59 Å². The van der Waals surface area contributed by atoms with E-state index in [1.807, 2.05) is 0 Å². The minimum Gasteiger partial charge on any atom is -0.385 e. The fourth-order valence-electron chi connectivity index (χ4n) is 4.24. The topological polar surface area (TPSA) is 72.8 Å². The van der Waals surface area contributed by atoms with Gasteiger partial charge in [0.15, 0.2) is 0 Å². The van der Waals surface area contributed by atoms with Crippen LogP contribution in [0.1, 0.15) is 42.5 Å². The van der Waals surface area contributed by atoms with Crippen LogP contribution < -0.4 is 10.9 Å². The summed E-state index contributed by atoms with van der Waals surface area (Å²) in [4.78, 5) is 27.9. The van der Waals surface area contributed by atoms with Gasteiger partial charge in [0.05, 0.1) is 0 Å². The zero-order chi connectivity index (χ0) is 19.8. The molecule has 2 fully saturated rings. The number of nitrogens with one attached hydrogen (secondary N) is 1. The molecule has 1 aromatic rings. The molecule has 0 unspecified atom stereocenters. The SMILES string of the molecule is COCCCn1cccc(C(=O)NCC2(CN3CCCC3)CCOCC2)c1=O. The van der Waals surface area contributed by atoms with Gasteiger partial charge in [0.25, 0.3) is 11.5 Å². The molecular weight excluding hydrogens is 358 g/mol. The molecule has 2 aliphatic rings. The smallest absolute Gasteiger partial charge is 0.263 e. The molecule has 1 amide bonds. The normalized spacial score (nSPS) is 19.6. The summed E-state index contributed by atoms with van der Waals surface area (Å²) in [5.74, 6) is -0.279. The second-order valence-corrected chi connectivity index (χ2v) is 8.05. The van der Waals surface area contributed by atoms with Gasteiger partial charge in [-0.2, -0.15) is 0 Å². The summed E-state index contributed by atoms with van der Waals surface area (Å²) < 4.78 is 12.2. The molecular formula is C21H33N3O4. The van der Waals surface area contributed by atoms with Crippen LogP contribution in [0.25, 0.3) is 0 Å². The first-order valence-electron chi connectivity index (χ1n) is 10.4. The van der Waals surface area contributed by atoms with Crippen LogP contribution in [-0.4, -0.2) is 68.5 Å². The number of pyridine rings is 1. The number of carbonyl (C=O) groups excluding carboxylic acids is 1. The third-order valence-electron chi connectivity index (χ3n) is 5.95. The minimum absolute atomic E-state index is 0.0323. The number of aromatic nitrogens is 1. The van der Waals surface area contributed by atoms with Gasteiger partial charge in [-0.1, -0.05) is 0 Å². The number of rotatable bonds is 9. The van der Waals surface area contributed by atoms with E-state index in [0.717, 1.165) is 52.1 Å². The lowest BCUT2D eigenvalue weighted by Gasteiger charge is -2.40. The molecule has 28 heavy (non-hydrogen) atoms. The predicted octanol–water partition coefficient (Wildman–Crippen LogP) is 1.51. The molecule has 0 radical (unpaired) electrons. The number of carbonyl (C=O) groups is 1. The Kier molecular flexibility index (Phi) is 7.65. The Morgan fingerprint density at radius 1 is 1.29 bits per heavy atom. The zero-order valence-corrected chi connectivity index (χ0v) is 17.0. The molecule has 7 heteroatoms. The van der Waals surface area contributed by atoms with E-state index >= 15 is 0 Å². The van der Waals surface area contributed by atoms with Crippen molar-refractivity contribution in [3.05, 3.63) is 34.2 Å². The summed E-state index contributed by atoms with van der Waals surface area (Å²) in [6, 6.07) is 3.37. The third-order valence-corrected chi connectivity index (χ3v) is 5.95. The van der Waals surface area contributed by atoms with Gasteiger partial charge >= 0.3 is 0 Å². The summed E-state index contributed by atoms with van der Waals surface area (Å²) in [7, 11) is 1.64. The second-order valence-electron chi connectivity index (χ2n) is 8.05. The van der Waals surface area contributed by atoms with Crippen molar-refractivity contribution in [2.45, 2.75) is 38.6 Å². The highest BCUT2D eigenvalue weighted by molar-refractivity contribution is 5.93. The maximum atomic E-state index is 12.8. The molecule has 156 valence electrons. The van der Waals surface area contributed by atoms with Gasteiger partial charge in [-0.05, 0) is 57.3 Å². The van der Waals surface area contributed by atoms with E-state index in [1.54, 1.807) is 30.0 Å². The van der Waals surface area contributed by atoms with Crippen molar-refractivity contribution in [1.29, 1.82) is 0 Å². The van der Waals surface area contributed by atoms with Crippen LogP contribution in [0.15, 0.2) is 23.1 Å². The Labute approximate surface area is 167 Å². The lowest BCUT2D eigenvalue weighted by Crippen LogP contribution is -2.48. The molecule has 0 atom stereocenters. The van der Waals surface area contributed by atoms with Crippen LogP contribution in [0.5, 0.6) is 0 Å². The van der Waals surface area contributed by atoms with Crippen LogP contribution in [0.3, 0.4) is 0 Å². The summed E-state index contributed by atoms with van der Waals surface area (Å²) in [6.45, 7) is 6.47. The van der Waals surface area contributed by atoms with Gasteiger partial charge in [0.1, 0.15) is 5.56 Å². The van der Waals surface area contributed by atoms with Crippen molar-refractivity contribution >= 4 is 5.91 Å². The Bertz CT molecular complexity index is 691. The average molecular weight is 392 g/mol. The van der Waals surface area contributed by atoms with Gasteiger partial charge < -0.3 is 24.3 Å². The minimum atomic E-state index is -0.279. The number of ether oxygens (including phenoxy) is 2. The molecule has 2 aliphatic heterocycles. The summed E-state index contributed by atoms with van der Waals surface area (Å²) in [6.07, 6.45) is 6.86. The van der Waals surface area contributed by atoms with Crippen molar-refractivity contribution < 1.29 is 14.3 Å². The van der Waals surface area contributed by atoms with E-state index in [2.05, 4.69) is 10.2 Å². The van der Waals surface area contributed by atoms with Crippen molar-refractivity contribution in [1.82, 2.24) is 14.8 Å². The molecule has 1 N–H and O–H groups in total. The predicted molar refractivity (Wildman–Crippen MR) is 108 cm³/mol. The number of aryl methyl sites for hydroxylation is 1. The molecule has 0 saturated carbocycles. The zero-order valence-electron chi connectivity index (χ0n) is 17.0. The molecule has 1 aromatic heterocycles.